The van der Waals surface area contributed by atoms with E-state index >= 15 is 0 Å². The van der Waals surface area contributed by atoms with Crippen LogP contribution in [0, 0.1) is 0 Å². The minimum absolute atomic E-state index is 0.111. The zero-order valence-corrected chi connectivity index (χ0v) is 9.94. The average molecular weight is 238 g/mol. The van der Waals surface area contributed by atoms with Gasteiger partial charge in [0.05, 0.1) is 6.61 Å². The van der Waals surface area contributed by atoms with Crippen LogP contribution in [0.25, 0.3) is 0 Å². The second-order valence-electron chi connectivity index (χ2n) is 3.85. The fourth-order valence-corrected chi connectivity index (χ4v) is 1.80. The molecule has 3 N–H and O–H groups in total. The molecule has 1 aromatic rings. The van der Waals surface area contributed by atoms with Gasteiger partial charge in [-0.15, -0.1) is 0 Å². The molecule has 0 spiro atoms. The highest BCUT2D eigenvalue weighted by atomic mass is 16.7. The number of hydrogen-bond acceptors (Lipinski definition) is 5. The first-order chi connectivity index (χ1) is 8.35. The van der Waals surface area contributed by atoms with E-state index in [-0.39, 0.29) is 6.04 Å². The minimum Gasteiger partial charge on any atom is -0.454 e. The van der Waals surface area contributed by atoms with Crippen LogP contribution in [0.1, 0.15) is 11.6 Å². The van der Waals surface area contributed by atoms with Gasteiger partial charge < -0.3 is 25.3 Å². The first kappa shape index (κ1) is 12.2. The molecule has 1 unspecified atom stereocenters. The fraction of sp³-hybridized carbons (Fsp3) is 0.500. The van der Waals surface area contributed by atoms with Crippen LogP contribution >= 0.6 is 0 Å². The van der Waals surface area contributed by atoms with Gasteiger partial charge in [-0.3, -0.25) is 0 Å². The second kappa shape index (κ2) is 5.86. The third-order valence-corrected chi connectivity index (χ3v) is 2.73. The lowest BCUT2D eigenvalue weighted by molar-refractivity contribution is 0.174. The van der Waals surface area contributed by atoms with Crippen molar-refractivity contribution in [1.82, 2.24) is 5.32 Å². The number of benzene rings is 1. The zero-order chi connectivity index (χ0) is 12.1. The summed E-state index contributed by atoms with van der Waals surface area (Å²) < 4.78 is 15.6. The van der Waals surface area contributed by atoms with Crippen molar-refractivity contribution in [3.63, 3.8) is 0 Å². The van der Waals surface area contributed by atoms with Crippen LogP contribution in [-0.2, 0) is 4.74 Å². The summed E-state index contributed by atoms with van der Waals surface area (Å²) in [5, 5.41) is 3.33. The zero-order valence-electron chi connectivity index (χ0n) is 9.94. The number of nitrogens with one attached hydrogen (secondary N) is 1. The highest BCUT2D eigenvalue weighted by molar-refractivity contribution is 5.45. The van der Waals surface area contributed by atoms with Gasteiger partial charge in [-0.25, -0.2) is 0 Å². The Balaban J connectivity index is 2.03. The Hall–Kier alpha value is -1.30. The van der Waals surface area contributed by atoms with Crippen molar-refractivity contribution in [2.45, 2.75) is 6.04 Å². The lowest BCUT2D eigenvalue weighted by Crippen LogP contribution is -2.30. The topological polar surface area (TPSA) is 65.7 Å². The van der Waals surface area contributed by atoms with Gasteiger partial charge in [-0.2, -0.15) is 0 Å². The van der Waals surface area contributed by atoms with Crippen molar-refractivity contribution in [2.24, 2.45) is 5.73 Å². The smallest absolute Gasteiger partial charge is 0.231 e. The molecule has 5 nitrogen and oxygen atoms in total. The normalized spacial score (nSPS) is 14.9. The van der Waals surface area contributed by atoms with Gasteiger partial charge in [0.25, 0.3) is 0 Å². The predicted molar refractivity (Wildman–Crippen MR) is 64.2 cm³/mol. The maximum atomic E-state index is 5.76. The van der Waals surface area contributed by atoms with Crippen molar-refractivity contribution in [1.29, 1.82) is 0 Å². The summed E-state index contributed by atoms with van der Waals surface area (Å²) in [5.74, 6) is 1.58. The van der Waals surface area contributed by atoms with Crippen molar-refractivity contribution in [3.05, 3.63) is 23.8 Å². The Morgan fingerprint density at radius 3 is 3.00 bits per heavy atom. The van der Waals surface area contributed by atoms with Crippen molar-refractivity contribution in [3.8, 4) is 11.5 Å². The number of hydrogen-bond donors (Lipinski definition) is 2. The lowest BCUT2D eigenvalue weighted by atomic mass is 10.1. The molecule has 2 rings (SSSR count). The predicted octanol–water partition coefficient (Wildman–Crippen LogP) is 0.651. The van der Waals surface area contributed by atoms with E-state index in [1.54, 1.807) is 7.11 Å². The molecule has 0 saturated heterocycles. The molecule has 17 heavy (non-hydrogen) atoms. The quantitative estimate of drug-likeness (QED) is 0.712. The van der Waals surface area contributed by atoms with Crippen LogP contribution in [-0.4, -0.2) is 33.6 Å². The molecule has 94 valence electrons. The van der Waals surface area contributed by atoms with E-state index in [0.29, 0.717) is 19.9 Å². The SMILES string of the molecule is COCCNC(CN)c1ccc2c(c1)OCO2. The van der Waals surface area contributed by atoms with Gasteiger partial charge in [0.15, 0.2) is 11.5 Å². The molecule has 0 amide bonds. The Bertz CT molecular complexity index is 371. The Morgan fingerprint density at radius 1 is 1.41 bits per heavy atom. The van der Waals surface area contributed by atoms with Crippen molar-refractivity contribution >= 4 is 0 Å². The molecule has 0 saturated carbocycles. The third kappa shape index (κ3) is 2.88. The van der Waals surface area contributed by atoms with Gasteiger partial charge in [-0.05, 0) is 17.7 Å². The lowest BCUT2D eigenvalue weighted by Gasteiger charge is -2.17. The molecular formula is C12H18N2O3. The van der Waals surface area contributed by atoms with Crippen LogP contribution in [0.15, 0.2) is 18.2 Å². The summed E-state index contributed by atoms with van der Waals surface area (Å²) in [7, 11) is 1.68. The second-order valence-corrected chi connectivity index (χ2v) is 3.85. The minimum atomic E-state index is 0.111. The maximum Gasteiger partial charge on any atom is 0.231 e. The fourth-order valence-electron chi connectivity index (χ4n) is 1.80. The highest BCUT2D eigenvalue weighted by Gasteiger charge is 2.16. The van der Waals surface area contributed by atoms with E-state index in [4.69, 9.17) is 19.9 Å². The molecule has 1 aromatic carbocycles. The number of rotatable bonds is 6. The van der Waals surface area contributed by atoms with Crippen LogP contribution in [0.4, 0.5) is 0 Å². The van der Waals surface area contributed by atoms with Crippen LogP contribution in [0.2, 0.25) is 0 Å². The number of nitrogens with two attached hydrogens (primary N) is 1. The summed E-state index contributed by atoms with van der Waals surface area (Å²) in [6.45, 7) is 2.26. The molecule has 0 aliphatic carbocycles. The van der Waals surface area contributed by atoms with Crippen LogP contribution in [0.5, 0.6) is 11.5 Å². The van der Waals surface area contributed by atoms with Gasteiger partial charge in [-0.1, -0.05) is 6.07 Å². The molecule has 1 aliphatic heterocycles. The molecule has 1 atom stereocenters. The Labute approximate surface area is 101 Å². The molecule has 0 bridgehead atoms. The summed E-state index contributed by atoms with van der Waals surface area (Å²) in [6.07, 6.45) is 0. The average Bonchev–Trinajstić information content (AvgIpc) is 2.82. The van der Waals surface area contributed by atoms with Gasteiger partial charge >= 0.3 is 0 Å². The van der Waals surface area contributed by atoms with E-state index in [0.717, 1.165) is 23.6 Å². The summed E-state index contributed by atoms with van der Waals surface area (Å²) in [5.41, 5.74) is 6.86. The number of ether oxygens (including phenoxy) is 3. The van der Waals surface area contributed by atoms with Crippen LogP contribution < -0.4 is 20.5 Å². The summed E-state index contributed by atoms with van der Waals surface area (Å²) >= 11 is 0. The number of methoxy groups -OCH3 is 1. The largest absolute Gasteiger partial charge is 0.454 e. The van der Waals surface area contributed by atoms with Gasteiger partial charge in [0.2, 0.25) is 6.79 Å². The number of fused-ring (bicyclic) bond motifs is 1. The molecular weight excluding hydrogens is 220 g/mol. The van der Waals surface area contributed by atoms with Crippen molar-refractivity contribution < 1.29 is 14.2 Å². The van der Waals surface area contributed by atoms with Gasteiger partial charge in [0, 0.05) is 26.2 Å². The molecule has 1 aliphatic rings. The molecule has 5 heteroatoms. The van der Waals surface area contributed by atoms with E-state index in [1.807, 2.05) is 18.2 Å². The maximum absolute atomic E-state index is 5.76. The molecule has 1 heterocycles. The van der Waals surface area contributed by atoms with E-state index in [1.165, 1.54) is 0 Å². The van der Waals surface area contributed by atoms with Crippen molar-refractivity contribution in [2.75, 3.05) is 33.6 Å². The van der Waals surface area contributed by atoms with Crippen LogP contribution in [0.3, 0.4) is 0 Å². The summed E-state index contributed by atoms with van der Waals surface area (Å²) in [4.78, 5) is 0. The Kier molecular flexibility index (Phi) is 4.19. The standard InChI is InChI=1S/C12H18N2O3/c1-15-5-4-14-10(7-13)9-2-3-11-12(6-9)17-8-16-11/h2-3,6,10,14H,4-5,7-8,13H2,1H3. The van der Waals surface area contributed by atoms with E-state index in [2.05, 4.69) is 5.32 Å². The summed E-state index contributed by atoms with van der Waals surface area (Å²) in [6, 6.07) is 6.00. The molecule has 0 fully saturated rings. The Morgan fingerprint density at radius 2 is 2.24 bits per heavy atom. The monoisotopic (exact) mass is 238 g/mol. The molecule has 0 radical (unpaired) electrons. The first-order valence-corrected chi connectivity index (χ1v) is 5.67. The molecule has 0 aromatic heterocycles. The van der Waals surface area contributed by atoms with E-state index in [9.17, 15) is 0 Å². The van der Waals surface area contributed by atoms with Gasteiger partial charge in [0.1, 0.15) is 0 Å². The third-order valence-electron chi connectivity index (χ3n) is 2.73. The highest BCUT2D eigenvalue weighted by Crippen LogP contribution is 2.33. The first-order valence-electron chi connectivity index (χ1n) is 5.67. The van der Waals surface area contributed by atoms with E-state index < -0.39 is 0 Å².